The highest BCUT2D eigenvalue weighted by atomic mass is 16.5. The molecule has 6 nitrogen and oxygen atoms in total. The fraction of sp³-hybridized carbons (Fsp3) is 0.500. The summed E-state index contributed by atoms with van der Waals surface area (Å²) >= 11 is 0. The number of ether oxygens (including phenoxy) is 1. The Morgan fingerprint density at radius 3 is 2.21 bits per heavy atom. The van der Waals surface area contributed by atoms with E-state index in [1.54, 1.807) is 5.48 Å². The zero-order valence-corrected chi connectivity index (χ0v) is 21.1. The molecule has 0 fully saturated rings. The maximum atomic E-state index is 12.5. The fourth-order valence-electron chi connectivity index (χ4n) is 4.44. The topological polar surface area (TPSA) is 87.7 Å². The lowest BCUT2D eigenvalue weighted by Gasteiger charge is -2.34. The SMILES string of the molecule is CCCOc1ccc(C(CC)(CC)c2ccc(C(=O)NCCCCCC(=O)NO)cc2)cc1C. The molecule has 186 valence electrons. The first-order valence-electron chi connectivity index (χ1n) is 12.5. The second-order valence-corrected chi connectivity index (χ2v) is 8.80. The van der Waals surface area contributed by atoms with Crippen molar-refractivity contribution in [3.63, 3.8) is 0 Å². The van der Waals surface area contributed by atoms with Gasteiger partial charge in [0.1, 0.15) is 5.75 Å². The minimum atomic E-state index is -0.379. The Balaban J connectivity index is 2.05. The van der Waals surface area contributed by atoms with Crippen LogP contribution in [0.4, 0.5) is 0 Å². The van der Waals surface area contributed by atoms with E-state index in [2.05, 4.69) is 63.3 Å². The van der Waals surface area contributed by atoms with Crippen molar-refractivity contribution in [1.29, 1.82) is 0 Å². The highest BCUT2D eigenvalue weighted by Gasteiger charge is 2.31. The van der Waals surface area contributed by atoms with Crippen LogP contribution in [0.15, 0.2) is 42.5 Å². The average molecular weight is 469 g/mol. The van der Waals surface area contributed by atoms with Gasteiger partial charge in [-0.05, 0) is 73.9 Å². The first-order chi connectivity index (χ1) is 16.4. The van der Waals surface area contributed by atoms with Crippen LogP contribution in [0.5, 0.6) is 5.75 Å². The number of aryl methyl sites for hydroxylation is 1. The number of hydroxylamine groups is 1. The van der Waals surface area contributed by atoms with Gasteiger partial charge in [0, 0.05) is 23.9 Å². The molecule has 0 heterocycles. The van der Waals surface area contributed by atoms with Gasteiger partial charge in [-0.2, -0.15) is 0 Å². The Kier molecular flexibility index (Phi) is 11.1. The largest absolute Gasteiger partial charge is 0.493 e. The smallest absolute Gasteiger partial charge is 0.251 e. The van der Waals surface area contributed by atoms with Gasteiger partial charge in [0.2, 0.25) is 5.91 Å². The Morgan fingerprint density at radius 2 is 1.62 bits per heavy atom. The number of benzene rings is 2. The highest BCUT2D eigenvalue weighted by molar-refractivity contribution is 5.94. The zero-order valence-electron chi connectivity index (χ0n) is 21.1. The molecule has 0 aliphatic rings. The number of amides is 2. The van der Waals surface area contributed by atoms with Gasteiger partial charge in [-0.3, -0.25) is 14.8 Å². The number of unbranched alkanes of at least 4 members (excludes halogenated alkanes) is 2. The molecule has 0 aliphatic carbocycles. The third-order valence-electron chi connectivity index (χ3n) is 6.59. The molecule has 0 aliphatic heterocycles. The van der Waals surface area contributed by atoms with Gasteiger partial charge < -0.3 is 10.1 Å². The van der Waals surface area contributed by atoms with Crippen molar-refractivity contribution < 1.29 is 19.5 Å². The summed E-state index contributed by atoms with van der Waals surface area (Å²) in [5.41, 5.74) is 5.77. The van der Waals surface area contributed by atoms with E-state index in [4.69, 9.17) is 9.94 Å². The molecule has 2 amide bonds. The summed E-state index contributed by atoms with van der Waals surface area (Å²) in [5.74, 6) is 0.470. The minimum absolute atomic E-state index is 0.0912. The summed E-state index contributed by atoms with van der Waals surface area (Å²) in [6.07, 6.45) is 5.46. The van der Waals surface area contributed by atoms with Crippen molar-refractivity contribution >= 4 is 11.8 Å². The third kappa shape index (κ3) is 7.07. The average Bonchev–Trinajstić information content (AvgIpc) is 2.86. The molecular formula is C28H40N2O4. The van der Waals surface area contributed by atoms with E-state index in [0.29, 0.717) is 18.5 Å². The minimum Gasteiger partial charge on any atom is -0.493 e. The van der Waals surface area contributed by atoms with Crippen molar-refractivity contribution in [3.8, 4) is 5.75 Å². The van der Waals surface area contributed by atoms with Crippen LogP contribution < -0.4 is 15.5 Å². The molecule has 6 heteroatoms. The number of hydrogen-bond acceptors (Lipinski definition) is 4. The van der Waals surface area contributed by atoms with Gasteiger partial charge in [-0.1, -0.05) is 51.5 Å². The van der Waals surface area contributed by atoms with E-state index in [0.717, 1.165) is 50.0 Å². The molecular weight excluding hydrogens is 428 g/mol. The number of hydrogen-bond donors (Lipinski definition) is 3. The molecule has 0 bridgehead atoms. The van der Waals surface area contributed by atoms with Crippen LogP contribution in [0, 0.1) is 6.92 Å². The summed E-state index contributed by atoms with van der Waals surface area (Å²) in [6, 6.07) is 14.5. The summed E-state index contributed by atoms with van der Waals surface area (Å²) in [6.45, 7) is 9.91. The summed E-state index contributed by atoms with van der Waals surface area (Å²) in [4.78, 5) is 23.6. The molecule has 2 aromatic carbocycles. The lowest BCUT2D eigenvalue weighted by molar-refractivity contribution is -0.129. The lowest BCUT2D eigenvalue weighted by atomic mass is 9.70. The van der Waals surface area contributed by atoms with Gasteiger partial charge in [0.25, 0.3) is 5.91 Å². The number of nitrogens with one attached hydrogen (secondary N) is 2. The second-order valence-electron chi connectivity index (χ2n) is 8.80. The van der Waals surface area contributed by atoms with E-state index in [-0.39, 0.29) is 23.7 Å². The van der Waals surface area contributed by atoms with E-state index in [1.807, 2.05) is 12.1 Å². The molecule has 34 heavy (non-hydrogen) atoms. The molecule has 0 aromatic heterocycles. The molecule has 0 saturated carbocycles. The van der Waals surface area contributed by atoms with Crippen LogP contribution >= 0.6 is 0 Å². The number of rotatable bonds is 14. The molecule has 2 rings (SSSR count). The Bertz CT molecular complexity index is 921. The zero-order chi connectivity index (χ0) is 25.0. The number of carbonyl (C=O) groups excluding carboxylic acids is 2. The molecule has 0 atom stereocenters. The third-order valence-corrected chi connectivity index (χ3v) is 6.59. The first kappa shape index (κ1) is 27.4. The number of carbonyl (C=O) groups is 2. The van der Waals surface area contributed by atoms with E-state index in [1.165, 1.54) is 11.1 Å². The van der Waals surface area contributed by atoms with Crippen molar-refractivity contribution in [2.45, 2.75) is 78.1 Å². The molecule has 2 aromatic rings. The van der Waals surface area contributed by atoms with Crippen LogP contribution in [-0.4, -0.2) is 30.2 Å². The van der Waals surface area contributed by atoms with Crippen LogP contribution in [-0.2, 0) is 10.2 Å². The first-order valence-corrected chi connectivity index (χ1v) is 12.5. The van der Waals surface area contributed by atoms with Crippen LogP contribution in [0.2, 0.25) is 0 Å². The van der Waals surface area contributed by atoms with Gasteiger partial charge >= 0.3 is 0 Å². The van der Waals surface area contributed by atoms with Crippen molar-refractivity contribution in [2.24, 2.45) is 0 Å². The quantitative estimate of drug-likeness (QED) is 0.189. The van der Waals surface area contributed by atoms with Crippen molar-refractivity contribution in [1.82, 2.24) is 10.8 Å². The molecule has 0 radical (unpaired) electrons. The van der Waals surface area contributed by atoms with E-state index < -0.39 is 0 Å². The van der Waals surface area contributed by atoms with E-state index >= 15 is 0 Å². The van der Waals surface area contributed by atoms with Gasteiger partial charge in [0.05, 0.1) is 6.61 Å². The monoisotopic (exact) mass is 468 g/mol. The van der Waals surface area contributed by atoms with Crippen LogP contribution in [0.25, 0.3) is 0 Å². The van der Waals surface area contributed by atoms with E-state index in [9.17, 15) is 9.59 Å². The van der Waals surface area contributed by atoms with Crippen molar-refractivity contribution in [2.75, 3.05) is 13.2 Å². The summed E-state index contributed by atoms with van der Waals surface area (Å²) < 4.78 is 5.87. The van der Waals surface area contributed by atoms with Gasteiger partial charge in [-0.25, -0.2) is 5.48 Å². The predicted octanol–water partition coefficient (Wildman–Crippen LogP) is 5.69. The molecule has 0 unspecified atom stereocenters. The van der Waals surface area contributed by atoms with Crippen LogP contribution in [0.3, 0.4) is 0 Å². The lowest BCUT2D eigenvalue weighted by Crippen LogP contribution is -2.27. The summed E-state index contributed by atoms with van der Waals surface area (Å²) in [7, 11) is 0. The van der Waals surface area contributed by atoms with Gasteiger partial charge in [-0.15, -0.1) is 0 Å². The second kappa shape index (κ2) is 13.8. The highest BCUT2D eigenvalue weighted by Crippen LogP contribution is 2.40. The molecule has 0 saturated heterocycles. The predicted molar refractivity (Wildman–Crippen MR) is 135 cm³/mol. The molecule has 0 spiro atoms. The van der Waals surface area contributed by atoms with Gasteiger partial charge in [0.15, 0.2) is 0 Å². The Morgan fingerprint density at radius 1 is 0.941 bits per heavy atom. The summed E-state index contributed by atoms with van der Waals surface area (Å²) in [5, 5.41) is 11.4. The Hall–Kier alpha value is -2.86. The van der Waals surface area contributed by atoms with Crippen LogP contribution in [0.1, 0.15) is 92.8 Å². The van der Waals surface area contributed by atoms with Crippen molar-refractivity contribution in [3.05, 3.63) is 64.7 Å². The maximum Gasteiger partial charge on any atom is 0.251 e. The fourth-order valence-corrected chi connectivity index (χ4v) is 4.44. The maximum absolute atomic E-state index is 12.5. The standard InChI is InChI=1S/C28H40N2O4/c1-5-19-34-25-17-16-24(20-21(25)4)28(6-2,7-3)23-14-12-22(13-15-23)27(32)29-18-10-8-9-11-26(31)30-33/h12-17,20,33H,5-11,18-19H2,1-4H3,(H,29,32)(H,30,31). The normalized spacial score (nSPS) is 11.2. The molecule has 3 N–H and O–H groups in total. The Labute approximate surface area is 204 Å².